The number of hydrogen-bond donors (Lipinski definition) is 4. The van der Waals surface area contributed by atoms with Gasteiger partial charge in [0, 0.05) is 6.61 Å². The topological polar surface area (TPSA) is 237 Å². The van der Waals surface area contributed by atoms with Gasteiger partial charge in [0.1, 0.15) is 36.2 Å². The molecule has 3 aromatic rings. The number of rotatable bonds is 32. The number of unbranched alkanes of at least 4 members (excludes halogenated alkanes) is 15. The highest BCUT2D eigenvalue weighted by atomic mass is 31.2. The van der Waals surface area contributed by atoms with Crippen LogP contribution in [0, 0.1) is 28.7 Å². The Balaban J connectivity index is 1.47. The van der Waals surface area contributed by atoms with E-state index in [4.69, 9.17) is 33.7 Å². The number of ether oxygens (including phenoxy) is 4. The van der Waals surface area contributed by atoms with Crippen LogP contribution in [0.4, 0.5) is 10.2 Å². The van der Waals surface area contributed by atoms with E-state index in [0.29, 0.717) is 12.1 Å². The molecule has 0 aliphatic carbocycles. The van der Waals surface area contributed by atoms with Crippen LogP contribution in [0.1, 0.15) is 127 Å². The molecule has 1 aromatic carbocycles. The smallest absolute Gasteiger partial charge is 0.472 e. The summed E-state index contributed by atoms with van der Waals surface area (Å²) in [6.45, 7) is 0.940. The summed E-state index contributed by atoms with van der Waals surface area (Å²) < 4.78 is 61.1. The van der Waals surface area contributed by atoms with Crippen molar-refractivity contribution in [1.29, 1.82) is 10.5 Å². The monoisotopic (exact) mass is 834 g/mol. The van der Waals surface area contributed by atoms with Crippen molar-refractivity contribution in [2.75, 3.05) is 39.3 Å². The summed E-state index contributed by atoms with van der Waals surface area (Å²) in [5.41, 5.74) is 6.19. The van der Waals surface area contributed by atoms with Crippen LogP contribution in [0.5, 0.6) is 11.5 Å². The molecular formula is C40H60FN6O10P. The van der Waals surface area contributed by atoms with E-state index in [1.54, 1.807) is 0 Å². The van der Waals surface area contributed by atoms with Gasteiger partial charge in [0.2, 0.25) is 5.82 Å². The molecule has 16 nitrogen and oxygen atoms in total. The van der Waals surface area contributed by atoms with Crippen LogP contribution in [-0.2, 0) is 23.1 Å². The molecule has 0 aliphatic heterocycles. The predicted octanol–water partition coefficient (Wildman–Crippen LogP) is 7.45. The van der Waals surface area contributed by atoms with Crippen molar-refractivity contribution >= 4 is 19.2 Å². The number of benzene rings is 1. The molecule has 1 unspecified atom stereocenters. The quantitative estimate of drug-likeness (QED) is 0.0271. The number of nitriles is 2. The number of nitrogens with zero attached hydrogens (tertiary/aromatic N) is 5. The van der Waals surface area contributed by atoms with Crippen molar-refractivity contribution in [3.63, 3.8) is 0 Å². The molecule has 58 heavy (non-hydrogen) atoms. The van der Waals surface area contributed by atoms with E-state index in [1.165, 1.54) is 119 Å². The molecule has 2 aromatic heterocycles. The van der Waals surface area contributed by atoms with Crippen LogP contribution < -0.4 is 15.2 Å². The average molecular weight is 835 g/mol. The highest BCUT2D eigenvalue weighted by Gasteiger charge is 2.35. The van der Waals surface area contributed by atoms with Crippen LogP contribution in [0.25, 0.3) is 5.52 Å². The number of nitrogens with two attached hydrogens (primary N) is 1. The first-order valence-corrected chi connectivity index (χ1v) is 21.7. The molecular weight excluding hydrogens is 774 g/mol. The van der Waals surface area contributed by atoms with Gasteiger partial charge in [0.15, 0.2) is 23.4 Å². The minimum absolute atomic E-state index is 0.0582. The Morgan fingerprint density at radius 3 is 2.07 bits per heavy atom. The van der Waals surface area contributed by atoms with E-state index in [2.05, 4.69) is 17.0 Å². The van der Waals surface area contributed by atoms with Gasteiger partial charge in [-0.1, -0.05) is 103 Å². The summed E-state index contributed by atoms with van der Waals surface area (Å²) in [7, 11) is -3.74. The first-order chi connectivity index (χ1) is 28.1. The number of nitrogen functional groups attached to an aromatic ring is 1. The van der Waals surface area contributed by atoms with Crippen molar-refractivity contribution in [3.05, 3.63) is 47.7 Å². The lowest BCUT2D eigenvalue weighted by Gasteiger charge is -2.25. The Bertz CT molecular complexity index is 1770. The van der Waals surface area contributed by atoms with Crippen molar-refractivity contribution in [2.45, 2.75) is 134 Å². The maximum Gasteiger partial charge on any atom is 0.472 e. The van der Waals surface area contributed by atoms with Crippen LogP contribution in [-0.4, -0.2) is 81.6 Å². The maximum absolute atomic E-state index is 15.2. The lowest BCUT2D eigenvalue weighted by Crippen LogP contribution is -2.37. The first kappa shape index (κ1) is 48.3. The summed E-state index contributed by atoms with van der Waals surface area (Å²) in [5.74, 6) is -1.49. The molecule has 0 bridgehead atoms. The van der Waals surface area contributed by atoms with Gasteiger partial charge in [-0.3, -0.25) is 9.05 Å². The van der Waals surface area contributed by atoms with Gasteiger partial charge in [-0.25, -0.2) is 14.1 Å². The molecule has 2 heterocycles. The van der Waals surface area contributed by atoms with Crippen LogP contribution >= 0.6 is 7.82 Å². The van der Waals surface area contributed by atoms with Crippen LogP contribution in [0.15, 0.2) is 30.6 Å². The van der Waals surface area contributed by atoms with Crippen LogP contribution in [0.2, 0.25) is 0 Å². The summed E-state index contributed by atoms with van der Waals surface area (Å²) in [4.78, 5) is 14.4. The molecule has 0 spiro atoms. The second kappa shape index (κ2) is 26.8. The van der Waals surface area contributed by atoms with Gasteiger partial charge in [-0.2, -0.15) is 20.0 Å². The Morgan fingerprint density at radius 1 is 0.879 bits per heavy atom. The van der Waals surface area contributed by atoms with Crippen molar-refractivity contribution in [3.8, 4) is 23.8 Å². The number of halogens is 1. The largest absolute Gasteiger partial charge is 0.492 e. The fraction of sp³-hybridized carbons (Fsp3) is 0.650. The minimum Gasteiger partial charge on any atom is -0.492 e. The van der Waals surface area contributed by atoms with Gasteiger partial charge >= 0.3 is 7.82 Å². The van der Waals surface area contributed by atoms with Gasteiger partial charge in [-0.05, 0) is 30.7 Å². The number of anilines is 1. The molecule has 0 saturated heterocycles. The predicted molar refractivity (Wildman–Crippen MR) is 213 cm³/mol. The van der Waals surface area contributed by atoms with E-state index < -0.39 is 51.3 Å². The lowest BCUT2D eigenvalue weighted by atomic mass is 10.0. The maximum atomic E-state index is 15.2. The van der Waals surface area contributed by atoms with Gasteiger partial charge in [0.05, 0.1) is 38.2 Å². The fourth-order valence-corrected chi connectivity index (χ4v) is 7.17. The van der Waals surface area contributed by atoms with Crippen LogP contribution in [0.3, 0.4) is 0 Å². The summed E-state index contributed by atoms with van der Waals surface area (Å²) in [6, 6.07) is 7.30. The zero-order valence-corrected chi connectivity index (χ0v) is 34.6. The minimum atomic E-state index is -4.94. The van der Waals surface area contributed by atoms with Crippen molar-refractivity contribution in [1.82, 2.24) is 14.6 Å². The number of aliphatic hydroxyl groups excluding tert-OH is 2. The molecule has 0 radical (unpaired) electrons. The standard InChI is InChI=1S/C40H60FN6O10P/c1-3-4-5-6-7-8-9-10-11-12-13-14-15-16-17-18-23-53-25-31(57-34-22-19-30(24-42)39(52-2)36(34)41)26-55-58(50,51)56-27-35(54-28-43)38(49)37(48)32-20-21-33-40(44)45-29-46-47(32)33/h19-22,29,31,35,37-38,48-49H,3-18,23,25-27H2,1-2H3,(H,50,51)(H2,44,45,46)/t31-,35-,37+,38-/m1/s1. The van der Waals surface area contributed by atoms with Gasteiger partial charge in [0.25, 0.3) is 6.26 Å². The molecule has 18 heteroatoms. The summed E-state index contributed by atoms with van der Waals surface area (Å²) in [5, 5.41) is 44.2. The lowest BCUT2D eigenvalue weighted by molar-refractivity contribution is -0.0802. The third kappa shape index (κ3) is 16.3. The first-order valence-electron chi connectivity index (χ1n) is 20.2. The van der Waals surface area contributed by atoms with E-state index in [-0.39, 0.29) is 35.2 Å². The Hall–Kier alpha value is -4.06. The van der Waals surface area contributed by atoms with Gasteiger partial charge in [-0.15, -0.1) is 0 Å². The fourth-order valence-electron chi connectivity index (χ4n) is 6.41. The zero-order chi connectivity index (χ0) is 42.2. The number of aliphatic hydroxyl groups is 2. The number of phosphoric acid groups is 1. The van der Waals surface area contributed by atoms with Crippen molar-refractivity contribution < 1.29 is 52.1 Å². The zero-order valence-electron chi connectivity index (χ0n) is 33.7. The normalized spacial score (nSPS) is 14.6. The highest BCUT2D eigenvalue weighted by molar-refractivity contribution is 7.47. The number of hydrogen-bond acceptors (Lipinski definition) is 14. The number of aromatic nitrogens is 3. The second-order valence-electron chi connectivity index (χ2n) is 14.1. The highest BCUT2D eigenvalue weighted by Crippen LogP contribution is 2.44. The SMILES string of the molecule is CCCCCCCCCCCCCCCCCCOC[C@H](COP(=O)(O)OC[C@@H](OC#N)[C@@H](O)[C@@H](O)c1ccc2c(N)ncnn12)Oc1ccc(C#N)c(OC)c1F. The Labute approximate surface area is 340 Å². The van der Waals surface area contributed by atoms with Crippen molar-refractivity contribution in [2.24, 2.45) is 0 Å². The van der Waals surface area contributed by atoms with E-state index in [9.17, 15) is 30.2 Å². The third-order valence-corrected chi connectivity index (χ3v) is 10.6. The molecule has 5 N–H and O–H groups in total. The number of methoxy groups -OCH3 is 1. The molecule has 0 fully saturated rings. The molecule has 0 aliphatic rings. The molecule has 0 amide bonds. The number of phosphoric ester groups is 1. The Morgan fingerprint density at radius 2 is 1.48 bits per heavy atom. The molecule has 322 valence electrons. The molecule has 0 saturated carbocycles. The summed E-state index contributed by atoms with van der Waals surface area (Å²) >= 11 is 0. The van der Waals surface area contributed by atoms with Gasteiger partial charge < -0.3 is 39.8 Å². The van der Waals surface area contributed by atoms with E-state index in [1.807, 2.05) is 6.07 Å². The molecule has 5 atom stereocenters. The third-order valence-electron chi connectivity index (χ3n) is 9.67. The Kier molecular flexibility index (Phi) is 22.4. The van der Waals surface area contributed by atoms with E-state index >= 15 is 4.39 Å². The van der Waals surface area contributed by atoms with E-state index in [0.717, 1.165) is 32.0 Å². The second-order valence-corrected chi connectivity index (χ2v) is 15.6. The number of fused-ring (bicyclic) bond motifs is 1. The summed E-state index contributed by atoms with van der Waals surface area (Å²) in [6.07, 6.45) is 15.9. The molecule has 3 rings (SSSR count). The average Bonchev–Trinajstić information content (AvgIpc) is 3.66.